The van der Waals surface area contributed by atoms with Crippen LogP contribution in [0.15, 0.2) is 48.7 Å². The van der Waals surface area contributed by atoms with Crippen LogP contribution in [0, 0.1) is 11.3 Å². The Labute approximate surface area is 162 Å². The first kappa shape index (κ1) is 17.7. The van der Waals surface area contributed by atoms with Crippen LogP contribution in [-0.4, -0.2) is 39.2 Å². The van der Waals surface area contributed by atoms with E-state index < -0.39 is 5.91 Å². The zero-order valence-electron chi connectivity index (χ0n) is 15.3. The van der Waals surface area contributed by atoms with Crippen molar-refractivity contribution in [2.45, 2.75) is 19.3 Å². The van der Waals surface area contributed by atoms with Crippen molar-refractivity contribution in [3.05, 3.63) is 65.7 Å². The average molecular weight is 373 g/mol. The Morgan fingerprint density at radius 2 is 1.79 bits per heavy atom. The number of carbonyl (C=O) groups excluding carboxylic acids is 2. The zero-order chi connectivity index (χ0) is 19.5. The number of nitrogens with one attached hydrogen (secondary N) is 1. The van der Waals surface area contributed by atoms with Gasteiger partial charge in [0.15, 0.2) is 5.69 Å². The van der Waals surface area contributed by atoms with Crippen LogP contribution in [0.5, 0.6) is 0 Å². The van der Waals surface area contributed by atoms with Gasteiger partial charge in [0.05, 0.1) is 16.8 Å². The Bertz CT molecular complexity index is 1090. The van der Waals surface area contributed by atoms with Gasteiger partial charge in [0.2, 0.25) is 5.82 Å². The van der Waals surface area contributed by atoms with E-state index in [1.165, 1.54) is 0 Å². The van der Waals surface area contributed by atoms with Crippen molar-refractivity contribution in [1.82, 2.24) is 14.3 Å². The fourth-order valence-electron chi connectivity index (χ4n) is 3.47. The van der Waals surface area contributed by atoms with Gasteiger partial charge in [-0.05, 0) is 43.5 Å². The van der Waals surface area contributed by atoms with Crippen LogP contribution in [0.4, 0.5) is 5.69 Å². The first-order valence-electron chi connectivity index (χ1n) is 9.26. The third-order valence-electron chi connectivity index (χ3n) is 4.89. The molecule has 0 spiro atoms. The summed E-state index contributed by atoms with van der Waals surface area (Å²) in [4.78, 5) is 32.0. The summed E-state index contributed by atoms with van der Waals surface area (Å²) in [5.74, 6) is -0.391. The molecule has 1 N–H and O–H groups in total. The molecule has 140 valence electrons. The normalized spacial score (nSPS) is 13.9. The van der Waals surface area contributed by atoms with Crippen LogP contribution in [0.2, 0.25) is 0 Å². The summed E-state index contributed by atoms with van der Waals surface area (Å²) in [6, 6.07) is 14.2. The van der Waals surface area contributed by atoms with Crippen molar-refractivity contribution in [3.8, 4) is 6.07 Å². The molecule has 1 aromatic carbocycles. The molecule has 7 nitrogen and oxygen atoms in total. The van der Waals surface area contributed by atoms with E-state index in [-0.39, 0.29) is 17.4 Å². The molecule has 0 bridgehead atoms. The number of anilines is 1. The number of imidazole rings is 1. The largest absolute Gasteiger partial charge is 0.336 e. The predicted molar refractivity (Wildman–Crippen MR) is 104 cm³/mol. The fourth-order valence-corrected chi connectivity index (χ4v) is 3.47. The first-order valence-corrected chi connectivity index (χ1v) is 9.26. The minimum Gasteiger partial charge on any atom is -0.336 e. The lowest BCUT2D eigenvalue weighted by Gasteiger charge is -2.25. The van der Waals surface area contributed by atoms with E-state index in [4.69, 9.17) is 0 Å². The minimum absolute atomic E-state index is 0.161. The standard InChI is InChI=1S/C21H19N5O2/c22-14-15-8-2-3-9-16(15)23-20(27)18-17-10-4-7-13-26(17)19(24-18)21(28)25-11-5-1-6-12-25/h2-4,7-10,13H,1,5-6,11-12H2,(H,23,27). The van der Waals surface area contributed by atoms with Gasteiger partial charge in [0.25, 0.3) is 11.8 Å². The number of amides is 2. The lowest BCUT2D eigenvalue weighted by Crippen LogP contribution is -2.36. The highest BCUT2D eigenvalue weighted by Gasteiger charge is 2.26. The zero-order valence-corrected chi connectivity index (χ0v) is 15.3. The lowest BCUT2D eigenvalue weighted by molar-refractivity contribution is 0.0711. The molecule has 1 aliphatic heterocycles. The number of hydrogen-bond acceptors (Lipinski definition) is 4. The molecule has 2 aromatic heterocycles. The Morgan fingerprint density at radius 1 is 1.04 bits per heavy atom. The molecule has 2 amide bonds. The Morgan fingerprint density at radius 3 is 2.57 bits per heavy atom. The molecular formula is C21H19N5O2. The van der Waals surface area contributed by atoms with Crippen LogP contribution in [0.3, 0.4) is 0 Å². The highest BCUT2D eigenvalue weighted by Crippen LogP contribution is 2.20. The third kappa shape index (κ3) is 3.21. The fraction of sp³-hybridized carbons (Fsp3) is 0.238. The molecule has 1 aliphatic rings. The first-order chi connectivity index (χ1) is 13.7. The topological polar surface area (TPSA) is 90.5 Å². The maximum atomic E-state index is 13.0. The van der Waals surface area contributed by atoms with E-state index in [1.807, 2.05) is 0 Å². The molecule has 1 saturated heterocycles. The monoisotopic (exact) mass is 373 g/mol. The van der Waals surface area contributed by atoms with Gasteiger partial charge in [-0.3, -0.25) is 14.0 Å². The summed E-state index contributed by atoms with van der Waals surface area (Å²) in [7, 11) is 0. The number of carbonyl (C=O) groups is 2. The molecule has 1 fully saturated rings. The van der Waals surface area contributed by atoms with Crippen molar-refractivity contribution in [2.24, 2.45) is 0 Å². The van der Waals surface area contributed by atoms with Gasteiger partial charge < -0.3 is 10.2 Å². The number of pyridine rings is 1. The molecule has 0 unspecified atom stereocenters. The Kier molecular flexibility index (Phi) is 4.77. The molecule has 0 saturated carbocycles. The van der Waals surface area contributed by atoms with Crippen LogP contribution in [0.1, 0.15) is 45.9 Å². The summed E-state index contributed by atoms with van der Waals surface area (Å²) in [5, 5.41) is 12.0. The molecule has 28 heavy (non-hydrogen) atoms. The second kappa shape index (κ2) is 7.53. The van der Waals surface area contributed by atoms with Gasteiger partial charge in [-0.25, -0.2) is 4.98 Å². The number of piperidine rings is 1. The molecule has 3 aromatic rings. The van der Waals surface area contributed by atoms with Gasteiger partial charge >= 0.3 is 0 Å². The molecular weight excluding hydrogens is 354 g/mol. The number of fused-ring (bicyclic) bond motifs is 1. The number of para-hydroxylation sites is 1. The van der Waals surface area contributed by atoms with E-state index >= 15 is 0 Å². The number of aromatic nitrogens is 2. The maximum Gasteiger partial charge on any atom is 0.290 e. The summed E-state index contributed by atoms with van der Waals surface area (Å²) in [5.41, 5.74) is 1.49. The van der Waals surface area contributed by atoms with Crippen LogP contribution >= 0.6 is 0 Å². The Balaban J connectivity index is 1.70. The number of hydrogen-bond donors (Lipinski definition) is 1. The van der Waals surface area contributed by atoms with E-state index in [0.29, 0.717) is 29.9 Å². The van der Waals surface area contributed by atoms with Crippen LogP contribution in [-0.2, 0) is 0 Å². The van der Waals surface area contributed by atoms with Crippen molar-refractivity contribution in [2.75, 3.05) is 18.4 Å². The maximum absolute atomic E-state index is 13.0. The number of nitrogens with zero attached hydrogens (tertiary/aromatic N) is 4. The lowest BCUT2D eigenvalue weighted by atomic mass is 10.1. The van der Waals surface area contributed by atoms with Crippen molar-refractivity contribution < 1.29 is 9.59 Å². The highest BCUT2D eigenvalue weighted by molar-refractivity contribution is 6.09. The van der Waals surface area contributed by atoms with Gasteiger partial charge in [0, 0.05) is 19.3 Å². The molecule has 3 heterocycles. The van der Waals surface area contributed by atoms with Crippen LogP contribution < -0.4 is 5.32 Å². The summed E-state index contributed by atoms with van der Waals surface area (Å²) in [6.07, 6.45) is 4.82. The number of likely N-dealkylation sites (tertiary alicyclic amines) is 1. The number of nitriles is 1. The smallest absolute Gasteiger partial charge is 0.290 e. The second-order valence-electron chi connectivity index (χ2n) is 6.70. The highest BCUT2D eigenvalue weighted by atomic mass is 16.2. The van der Waals surface area contributed by atoms with E-state index in [9.17, 15) is 14.9 Å². The van der Waals surface area contributed by atoms with E-state index in [1.54, 1.807) is 58.0 Å². The van der Waals surface area contributed by atoms with Gasteiger partial charge in [-0.2, -0.15) is 5.26 Å². The predicted octanol–water partition coefficient (Wildman–Crippen LogP) is 3.08. The Hall–Kier alpha value is -3.66. The average Bonchev–Trinajstić information content (AvgIpc) is 3.14. The number of rotatable bonds is 3. The van der Waals surface area contributed by atoms with E-state index in [0.717, 1.165) is 19.3 Å². The summed E-state index contributed by atoms with van der Waals surface area (Å²) < 4.78 is 1.65. The van der Waals surface area contributed by atoms with Crippen molar-refractivity contribution in [3.63, 3.8) is 0 Å². The SMILES string of the molecule is N#Cc1ccccc1NC(=O)c1nc(C(=O)N2CCCCC2)n2ccccc12. The summed E-state index contributed by atoms with van der Waals surface area (Å²) >= 11 is 0. The molecule has 0 aliphatic carbocycles. The van der Waals surface area contributed by atoms with Gasteiger partial charge in [-0.15, -0.1) is 0 Å². The van der Waals surface area contributed by atoms with Crippen molar-refractivity contribution in [1.29, 1.82) is 5.26 Å². The number of benzene rings is 1. The molecule has 0 radical (unpaired) electrons. The minimum atomic E-state index is -0.455. The van der Waals surface area contributed by atoms with Gasteiger partial charge in [0.1, 0.15) is 6.07 Å². The second-order valence-corrected chi connectivity index (χ2v) is 6.70. The third-order valence-corrected chi connectivity index (χ3v) is 4.89. The van der Waals surface area contributed by atoms with Crippen LogP contribution in [0.25, 0.3) is 5.52 Å². The summed E-state index contributed by atoms with van der Waals surface area (Å²) in [6.45, 7) is 1.41. The van der Waals surface area contributed by atoms with Crippen molar-refractivity contribution >= 4 is 23.0 Å². The van der Waals surface area contributed by atoms with E-state index in [2.05, 4.69) is 16.4 Å². The molecule has 0 atom stereocenters. The quantitative estimate of drug-likeness (QED) is 0.764. The molecule has 7 heteroatoms. The molecule has 4 rings (SSSR count). The van der Waals surface area contributed by atoms with Gasteiger partial charge in [-0.1, -0.05) is 18.2 Å².